The number of rotatable bonds is 2. The largest absolute Gasteiger partial charge is 0.444 e. The third kappa shape index (κ3) is 5.01. The lowest BCUT2D eigenvalue weighted by atomic mass is 9.97. The van der Waals surface area contributed by atoms with Crippen LogP contribution in [0, 0.1) is 23.1 Å². The van der Waals surface area contributed by atoms with Gasteiger partial charge in [-0.05, 0) is 32.9 Å². The Morgan fingerprint density at radius 2 is 1.83 bits per heavy atom. The summed E-state index contributed by atoms with van der Waals surface area (Å²) in [4.78, 5) is 11.1. The highest BCUT2D eigenvalue weighted by Gasteiger charge is 2.13. The van der Waals surface area contributed by atoms with E-state index < -0.39 is 12.1 Å². The van der Waals surface area contributed by atoms with Crippen LogP contribution in [-0.2, 0) is 9.53 Å². The van der Waals surface area contributed by atoms with E-state index in [-0.39, 0.29) is 11.2 Å². The molecule has 0 heterocycles. The van der Waals surface area contributed by atoms with E-state index in [9.17, 15) is 9.18 Å². The molecular formula is C15H17FO2. The molecule has 0 fully saturated rings. The van der Waals surface area contributed by atoms with Gasteiger partial charge in [-0.25, -0.2) is 4.39 Å². The molecule has 96 valence electrons. The van der Waals surface area contributed by atoms with Crippen LogP contribution in [0.25, 0.3) is 0 Å². The second-order valence-corrected chi connectivity index (χ2v) is 5.06. The van der Waals surface area contributed by atoms with E-state index in [1.165, 1.54) is 19.1 Å². The van der Waals surface area contributed by atoms with Crippen molar-refractivity contribution >= 4 is 5.97 Å². The Balaban J connectivity index is 3.01. The zero-order chi connectivity index (χ0) is 13.8. The zero-order valence-electron chi connectivity index (χ0n) is 11.1. The lowest BCUT2D eigenvalue weighted by Crippen LogP contribution is -2.08. The summed E-state index contributed by atoms with van der Waals surface area (Å²) in [6.45, 7) is 7.23. The molecule has 1 rings (SSSR count). The highest BCUT2D eigenvalue weighted by atomic mass is 19.1. The van der Waals surface area contributed by atoms with Crippen molar-refractivity contribution in [1.82, 2.24) is 0 Å². The highest BCUT2D eigenvalue weighted by Crippen LogP contribution is 2.19. The molecule has 0 bridgehead atoms. The molecule has 1 atom stereocenters. The summed E-state index contributed by atoms with van der Waals surface area (Å²) in [7, 11) is 0. The zero-order valence-corrected chi connectivity index (χ0v) is 11.1. The summed E-state index contributed by atoms with van der Waals surface area (Å²) < 4.78 is 18.0. The van der Waals surface area contributed by atoms with Crippen molar-refractivity contribution in [3.05, 3.63) is 35.6 Å². The quantitative estimate of drug-likeness (QED) is 0.591. The third-order valence-corrected chi connectivity index (χ3v) is 2.03. The Bertz CT molecular complexity index is 472. The Hall–Kier alpha value is -1.82. The van der Waals surface area contributed by atoms with Crippen LogP contribution < -0.4 is 0 Å². The lowest BCUT2D eigenvalue weighted by molar-refractivity contribution is -0.144. The topological polar surface area (TPSA) is 26.3 Å². The Kier molecular flexibility index (Phi) is 4.49. The molecule has 0 aliphatic carbocycles. The van der Waals surface area contributed by atoms with Gasteiger partial charge in [0.25, 0.3) is 0 Å². The predicted octanol–water partition coefficient (Wildman–Crippen LogP) is 3.48. The molecule has 0 N–H and O–H groups in total. The van der Waals surface area contributed by atoms with Gasteiger partial charge in [0.15, 0.2) is 6.10 Å². The number of carbonyl (C=O) groups is 1. The molecule has 0 spiro atoms. The van der Waals surface area contributed by atoms with Crippen molar-refractivity contribution in [3.8, 4) is 11.8 Å². The second-order valence-electron chi connectivity index (χ2n) is 5.06. The fourth-order valence-corrected chi connectivity index (χ4v) is 1.27. The number of halogens is 1. The van der Waals surface area contributed by atoms with E-state index in [4.69, 9.17) is 4.74 Å². The van der Waals surface area contributed by atoms with Crippen molar-refractivity contribution in [2.24, 2.45) is 5.41 Å². The smallest absolute Gasteiger partial charge is 0.304 e. The van der Waals surface area contributed by atoms with E-state index in [2.05, 4.69) is 11.8 Å². The summed E-state index contributed by atoms with van der Waals surface area (Å²) >= 11 is 0. The first-order valence-corrected chi connectivity index (χ1v) is 5.73. The van der Waals surface area contributed by atoms with Crippen LogP contribution in [0.5, 0.6) is 0 Å². The number of carbonyl (C=O) groups excluding carboxylic acids is 1. The molecule has 0 aromatic heterocycles. The van der Waals surface area contributed by atoms with Crippen LogP contribution >= 0.6 is 0 Å². The van der Waals surface area contributed by atoms with Gasteiger partial charge in [-0.1, -0.05) is 24.0 Å². The molecule has 0 aliphatic rings. The van der Waals surface area contributed by atoms with Crippen molar-refractivity contribution in [1.29, 1.82) is 0 Å². The Morgan fingerprint density at radius 3 is 2.28 bits per heavy atom. The molecule has 1 aromatic carbocycles. The summed E-state index contributed by atoms with van der Waals surface area (Å²) in [5.41, 5.74) is 0.488. The van der Waals surface area contributed by atoms with Gasteiger partial charge < -0.3 is 4.74 Å². The second kappa shape index (κ2) is 5.68. The van der Waals surface area contributed by atoms with E-state index in [1.54, 1.807) is 12.1 Å². The molecule has 0 radical (unpaired) electrons. The summed E-state index contributed by atoms with van der Waals surface area (Å²) in [5.74, 6) is 5.19. The normalized spacial score (nSPS) is 12.3. The average Bonchev–Trinajstić information content (AvgIpc) is 2.24. The molecular weight excluding hydrogens is 231 g/mol. The van der Waals surface area contributed by atoms with Crippen LogP contribution in [0.3, 0.4) is 0 Å². The third-order valence-electron chi connectivity index (χ3n) is 2.03. The standard InChI is InChI=1S/C15H17FO2/c1-11(17)18-14(9-10-15(2,3)4)12-5-7-13(16)8-6-12/h5-8,14H,1-4H3/t14-/m0/s1. The number of hydrogen-bond donors (Lipinski definition) is 0. The number of ether oxygens (including phenoxy) is 1. The first-order chi connectivity index (χ1) is 8.28. The summed E-state index contributed by atoms with van der Waals surface area (Å²) in [6.07, 6.45) is -0.651. The molecule has 1 aromatic rings. The van der Waals surface area contributed by atoms with Gasteiger partial charge in [-0.3, -0.25) is 4.79 Å². The molecule has 18 heavy (non-hydrogen) atoms. The van der Waals surface area contributed by atoms with Crippen molar-refractivity contribution < 1.29 is 13.9 Å². The maximum absolute atomic E-state index is 12.8. The number of benzene rings is 1. The molecule has 0 saturated heterocycles. The van der Waals surface area contributed by atoms with Crippen molar-refractivity contribution in [3.63, 3.8) is 0 Å². The number of esters is 1. The fraction of sp³-hybridized carbons (Fsp3) is 0.400. The van der Waals surface area contributed by atoms with Gasteiger partial charge in [-0.15, -0.1) is 0 Å². The maximum atomic E-state index is 12.8. The molecule has 2 nitrogen and oxygen atoms in total. The van der Waals surface area contributed by atoms with E-state index in [1.807, 2.05) is 20.8 Å². The van der Waals surface area contributed by atoms with E-state index in [0.29, 0.717) is 5.56 Å². The maximum Gasteiger partial charge on any atom is 0.304 e. The van der Waals surface area contributed by atoms with Gasteiger partial charge in [0.05, 0.1) is 0 Å². The Labute approximate surface area is 107 Å². The van der Waals surface area contributed by atoms with Crippen LogP contribution in [-0.4, -0.2) is 5.97 Å². The predicted molar refractivity (Wildman–Crippen MR) is 68.1 cm³/mol. The SMILES string of the molecule is CC(=O)O[C@@H](C#CC(C)(C)C)c1ccc(F)cc1. The van der Waals surface area contributed by atoms with E-state index >= 15 is 0 Å². The van der Waals surface area contributed by atoms with Crippen LogP contribution in [0.4, 0.5) is 4.39 Å². The van der Waals surface area contributed by atoms with Gasteiger partial charge in [0.2, 0.25) is 0 Å². The molecule has 0 unspecified atom stereocenters. The average molecular weight is 248 g/mol. The minimum atomic E-state index is -0.651. The van der Waals surface area contributed by atoms with Gasteiger partial charge >= 0.3 is 5.97 Å². The molecule has 3 heteroatoms. The highest BCUT2D eigenvalue weighted by molar-refractivity contribution is 5.66. The molecule has 0 aliphatic heterocycles. The van der Waals surface area contributed by atoms with Crippen molar-refractivity contribution in [2.75, 3.05) is 0 Å². The van der Waals surface area contributed by atoms with Gasteiger partial charge in [0.1, 0.15) is 5.82 Å². The van der Waals surface area contributed by atoms with E-state index in [0.717, 1.165) is 0 Å². The van der Waals surface area contributed by atoms with Gasteiger partial charge in [0, 0.05) is 17.9 Å². The van der Waals surface area contributed by atoms with Crippen LogP contribution in [0.2, 0.25) is 0 Å². The number of hydrogen-bond acceptors (Lipinski definition) is 2. The monoisotopic (exact) mass is 248 g/mol. The molecule has 0 amide bonds. The van der Waals surface area contributed by atoms with Crippen LogP contribution in [0.1, 0.15) is 39.4 Å². The van der Waals surface area contributed by atoms with Crippen LogP contribution in [0.15, 0.2) is 24.3 Å². The first kappa shape index (κ1) is 14.2. The van der Waals surface area contributed by atoms with Crippen molar-refractivity contribution in [2.45, 2.75) is 33.8 Å². The molecule has 0 saturated carbocycles. The summed E-state index contributed by atoms with van der Waals surface area (Å²) in [5, 5.41) is 0. The summed E-state index contributed by atoms with van der Waals surface area (Å²) in [6, 6.07) is 5.79. The fourth-order valence-electron chi connectivity index (χ4n) is 1.27. The van der Waals surface area contributed by atoms with Gasteiger partial charge in [-0.2, -0.15) is 0 Å². The Morgan fingerprint density at radius 1 is 1.28 bits per heavy atom. The minimum absolute atomic E-state index is 0.182. The first-order valence-electron chi connectivity index (χ1n) is 5.73. The minimum Gasteiger partial charge on any atom is -0.444 e. The lowest BCUT2D eigenvalue weighted by Gasteiger charge is -2.13.